The summed E-state index contributed by atoms with van der Waals surface area (Å²) >= 11 is 0. The van der Waals surface area contributed by atoms with Gasteiger partial charge in [0.1, 0.15) is 5.82 Å². The molecule has 5 rings (SSSR count). The van der Waals surface area contributed by atoms with Crippen molar-refractivity contribution in [3.63, 3.8) is 0 Å². The highest BCUT2D eigenvalue weighted by atomic mass is 16.5. The predicted octanol–water partition coefficient (Wildman–Crippen LogP) is 3.80. The number of ether oxygens (including phenoxy) is 1. The first-order valence-electron chi connectivity index (χ1n) is 8.95. The molecule has 27 heavy (non-hydrogen) atoms. The molecule has 0 spiro atoms. The van der Waals surface area contributed by atoms with Gasteiger partial charge >= 0.3 is 0 Å². The van der Waals surface area contributed by atoms with Crippen LogP contribution in [-0.4, -0.2) is 40.6 Å². The zero-order valence-electron chi connectivity index (χ0n) is 15.2. The van der Waals surface area contributed by atoms with Crippen molar-refractivity contribution in [3.05, 3.63) is 60.1 Å². The van der Waals surface area contributed by atoms with Crippen LogP contribution >= 0.6 is 0 Å². The summed E-state index contributed by atoms with van der Waals surface area (Å²) in [6.07, 6.45) is 0. The summed E-state index contributed by atoms with van der Waals surface area (Å²) in [5, 5.41) is 0.867. The van der Waals surface area contributed by atoms with Gasteiger partial charge in [-0.05, 0) is 31.2 Å². The quantitative estimate of drug-likeness (QED) is 0.557. The highest BCUT2D eigenvalue weighted by Crippen LogP contribution is 2.32. The van der Waals surface area contributed by atoms with Crippen LogP contribution in [0.1, 0.15) is 22.4 Å². The number of rotatable bonds is 3. The smallest absolute Gasteiger partial charge is 0.289 e. The molecule has 0 atom stereocenters. The zero-order chi connectivity index (χ0) is 18.5. The zero-order valence-corrected chi connectivity index (χ0v) is 15.2. The van der Waals surface area contributed by atoms with Crippen molar-refractivity contribution in [3.8, 4) is 5.75 Å². The van der Waals surface area contributed by atoms with Crippen molar-refractivity contribution in [1.82, 2.24) is 14.5 Å². The van der Waals surface area contributed by atoms with E-state index in [1.807, 2.05) is 48.2 Å². The van der Waals surface area contributed by atoms with Crippen molar-refractivity contribution in [1.29, 1.82) is 0 Å². The maximum absolute atomic E-state index is 12.8. The highest BCUT2D eigenvalue weighted by Gasteiger charge is 2.35. The van der Waals surface area contributed by atoms with Gasteiger partial charge in [0.25, 0.3) is 5.91 Å². The van der Waals surface area contributed by atoms with Gasteiger partial charge in [-0.2, -0.15) is 0 Å². The average molecular weight is 361 g/mol. The van der Waals surface area contributed by atoms with Crippen molar-refractivity contribution >= 4 is 27.9 Å². The molecule has 3 heterocycles. The summed E-state index contributed by atoms with van der Waals surface area (Å²) in [5.41, 5.74) is 2.71. The van der Waals surface area contributed by atoms with E-state index in [0.717, 1.165) is 22.2 Å². The van der Waals surface area contributed by atoms with Gasteiger partial charge in [-0.15, -0.1) is 0 Å². The number of amides is 1. The molecule has 1 fully saturated rings. The lowest BCUT2D eigenvalue weighted by molar-refractivity contribution is 0.0493. The highest BCUT2D eigenvalue weighted by molar-refractivity contribution is 5.97. The number of methoxy groups -OCH3 is 1. The third kappa shape index (κ3) is 2.40. The molecule has 6 nitrogen and oxygen atoms in total. The standard InChI is InChI=1S/C21H19N3O3/c1-13-22-16-7-3-4-8-17(16)24(13)15-11-23(12-15)21(25)19-10-14-6-5-9-18(26-2)20(14)27-19/h3-10,15H,11-12H2,1-2H3. The molecule has 0 unspecified atom stereocenters. The summed E-state index contributed by atoms with van der Waals surface area (Å²) in [6.45, 7) is 3.30. The Hall–Kier alpha value is -3.28. The van der Waals surface area contributed by atoms with Crippen molar-refractivity contribution < 1.29 is 13.9 Å². The van der Waals surface area contributed by atoms with Crippen molar-refractivity contribution in [2.45, 2.75) is 13.0 Å². The molecule has 0 bridgehead atoms. The number of carbonyl (C=O) groups excluding carboxylic acids is 1. The molecule has 0 aliphatic carbocycles. The summed E-state index contributed by atoms with van der Waals surface area (Å²) < 4.78 is 13.3. The van der Waals surface area contributed by atoms with E-state index in [-0.39, 0.29) is 11.9 Å². The number of likely N-dealkylation sites (tertiary alicyclic amines) is 1. The van der Waals surface area contributed by atoms with Crippen LogP contribution in [0.2, 0.25) is 0 Å². The number of aromatic nitrogens is 2. The second-order valence-electron chi connectivity index (χ2n) is 6.87. The third-order valence-electron chi connectivity index (χ3n) is 5.23. The second kappa shape index (κ2) is 5.87. The minimum absolute atomic E-state index is 0.0911. The fourth-order valence-corrected chi connectivity index (χ4v) is 3.87. The lowest BCUT2D eigenvalue weighted by atomic mass is 10.1. The van der Waals surface area contributed by atoms with Crippen molar-refractivity contribution in [2.75, 3.05) is 20.2 Å². The Labute approximate surface area is 156 Å². The van der Waals surface area contributed by atoms with Crippen LogP contribution in [-0.2, 0) is 0 Å². The molecule has 6 heteroatoms. The molecule has 0 N–H and O–H groups in total. The molecular formula is C21H19N3O3. The van der Waals surface area contributed by atoms with Crippen LogP contribution < -0.4 is 4.74 Å². The van der Waals surface area contributed by atoms with Crippen LogP contribution in [0, 0.1) is 6.92 Å². The SMILES string of the molecule is COc1cccc2cc(C(=O)N3CC(n4c(C)nc5ccccc54)C3)oc12. The van der Waals surface area contributed by atoms with Gasteiger partial charge in [0.15, 0.2) is 17.1 Å². The minimum atomic E-state index is -0.0911. The number of aryl methyl sites for hydroxylation is 1. The van der Waals surface area contributed by atoms with Gasteiger partial charge in [-0.3, -0.25) is 4.79 Å². The Balaban J connectivity index is 1.39. The maximum Gasteiger partial charge on any atom is 0.289 e. The van der Waals surface area contributed by atoms with E-state index in [1.165, 1.54) is 0 Å². The number of imidazole rings is 1. The molecule has 0 saturated carbocycles. The number of benzene rings is 2. The van der Waals surface area contributed by atoms with E-state index in [2.05, 4.69) is 15.6 Å². The first-order valence-corrected chi connectivity index (χ1v) is 8.95. The second-order valence-corrected chi connectivity index (χ2v) is 6.87. The average Bonchev–Trinajstić information content (AvgIpc) is 3.21. The Kier molecular flexibility index (Phi) is 3.47. The van der Waals surface area contributed by atoms with Gasteiger partial charge < -0.3 is 18.6 Å². The normalized spacial score (nSPS) is 14.7. The van der Waals surface area contributed by atoms with Gasteiger partial charge in [0.2, 0.25) is 0 Å². The van der Waals surface area contributed by atoms with E-state index < -0.39 is 0 Å². The summed E-state index contributed by atoms with van der Waals surface area (Å²) in [6, 6.07) is 15.7. The molecule has 2 aromatic carbocycles. The molecule has 1 amide bonds. The molecule has 136 valence electrons. The van der Waals surface area contributed by atoms with Crippen LogP contribution in [0.5, 0.6) is 5.75 Å². The fraction of sp³-hybridized carbons (Fsp3) is 0.238. The summed E-state index contributed by atoms with van der Waals surface area (Å²) in [7, 11) is 1.59. The van der Waals surface area contributed by atoms with Crippen LogP contribution in [0.15, 0.2) is 52.9 Å². The first kappa shape index (κ1) is 15.9. The van der Waals surface area contributed by atoms with Gasteiger partial charge in [-0.25, -0.2) is 4.98 Å². The van der Waals surface area contributed by atoms with E-state index in [1.54, 1.807) is 13.2 Å². The largest absolute Gasteiger partial charge is 0.493 e. The molecule has 4 aromatic rings. The molecule has 1 aliphatic rings. The predicted molar refractivity (Wildman–Crippen MR) is 102 cm³/mol. The van der Waals surface area contributed by atoms with Crippen molar-refractivity contribution in [2.24, 2.45) is 0 Å². The maximum atomic E-state index is 12.8. The summed E-state index contributed by atoms with van der Waals surface area (Å²) in [4.78, 5) is 19.3. The third-order valence-corrected chi connectivity index (χ3v) is 5.23. The van der Waals surface area contributed by atoms with Crippen LogP contribution in [0.25, 0.3) is 22.0 Å². The topological polar surface area (TPSA) is 60.5 Å². The molecular weight excluding hydrogens is 342 g/mol. The van der Waals surface area contributed by atoms with E-state index in [0.29, 0.717) is 30.2 Å². The van der Waals surface area contributed by atoms with Crippen LogP contribution in [0.3, 0.4) is 0 Å². The molecule has 2 aromatic heterocycles. The number of carbonyl (C=O) groups is 1. The van der Waals surface area contributed by atoms with Gasteiger partial charge in [-0.1, -0.05) is 24.3 Å². The van der Waals surface area contributed by atoms with E-state index in [4.69, 9.17) is 9.15 Å². The number of furan rings is 1. The molecule has 1 saturated heterocycles. The number of para-hydroxylation sites is 3. The van der Waals surface area contributed by atoms with Crippen LogP contribution in [0.4, 0.5) is 0 Å². The number of nitrogens with zero attached hydrogens (tertiary/aromatic N) is 3. The van der Waals surface area contributed by atoms with E-state index in [9.17, 15) is 4.79 Å². The summed E-state index contributed by atoms with van der Waals surface area (Å²) in [5.74, 6) is 1.86. The first-order chi connectivity index (χ1) is 13.2. The van der Waals surface area contributed by atoms with E-state index >= 15 is 0 Å². The lowest BCUT2D eigenvalue weighted by Crippen LogP contribution is -2.50. The molecule has 1 aliphatic heterocycles. The minimum Gasteiger partial charge on any atom is -0.493 e. The number of hydrogen-bond acceptors (Lipinski definition) is 4. The number of fused-ring (bicyclic) bond motifs is 2. The molecule has 0 radical (unpaired) electrons. The Bertz CT molecular complexity index is 1170. The monoisotopic (exact) mass is 361 g/mol. The number of hydrogen-bond donors (Lipinski definition) is 0. The lowest BCUT2D eigenvalue weighted by Gasteiger charge is -2.40. The Morgan fingerprint density at radius 2 is 2.00 bits per heavy atom. The van der Waals surface area contributed by atoms with Gasteiger partial charge in [0, 0.05) is 18.5 Å². The van der Waals surface area contributed by atoms with Gasteiger partial charge in [0.05, 0.1) is 24.2 Å². The Morgan fingerprint density at radius 3 is 2.81 bits per heavy atom. The fourth-order valence-electron chi connectivity index (χ4n) is 3.87. The Morgan fingerprint density at radius 1 is 1.19 bits per heavy atom.